The molecule has 0 fully saturated rings. The molecule has 1 aliphatic heterocycles. The van der Waals surface area contributed by atoms with Gasteiger partial charge in [0.15, 0.2) is 0 Å². The van der Waals surface area contributed by atoms with Gasteiger partial charge in [0.05, 0.1) is 0 Å². The minimum absolute atomic E-state index is 0.565. The first-order valence-electron chi connectivity index (χ1n) is 3.95. The van der Waals surface area contributed by atoms with Crippen molar-refractivity contribution in [3.8, 4) is 0 Å². The van der Waals surface area contributed by atoms with Gasteiger partial charge in [0.2, 0.25) is 0 Å². The molecule has 12 heavy (non-hydrogen) atoms. The standard InChI is InChI=1S/C9H9BrFN/c10-6-2-1-3-8-9(6)7(11)4-5-12-8/h1-3,7,12H,4-5H2. The maximum atomic E-state index is 13.4. The molecule has 0 aliphatic carbocycles. The van der Waals surface area contributed by atoms with Crippen LogP contribution < -0.4 is 5.32 Å². The number of fused-ring (bicyclic) bond motifs is 1. The Hall–Kier alpha value is -0.570. The van der Waals surface area contributed by atoms with Crippen molar-refractivity contribution in [1.82, 2.24) is 0 Å². The van der Waals surface area contributed by atoms with Crippen LogP contribution in [0.2, 0.25) is 0 Å². The van der Waals surface area contributed by atoms with E-state index >= 15 is 0 Å². The third-order valence-electron chi connectivity index (χ3n) is 2.08. The van der Waals surface area contributed by atoms with Crippen molar-refractivity contribution in [2.45, 2.75) is 12.6 Å². The van der Waals surface area contributed by atoms with Crippen LogP contribution in [-0.2, 0) is 0 Å². The van der Waals surface area contributed by atoms with Crippen molar-refractivity contribution in [2.24, 2.45) is 0 Å². The van der Waals surface area contributed by atoms with Crippen molar-refractivity contribution in [3.05, 3.63) is 28.2 Å². The zero-order valence-electron chi connectivity index (χ0n) is 6.48. The maximum Gasteiger partial charge on any atom is 0.130 e. The number of nitrogens with one attached hydrogen (secondary N) is 1. The lowest BCUT2D eigenvalue weighted by Crippen LogP contribution is -2.14. The Morgan fingerprint density at radius 3 is 3.08 bits per heavy atom. The molecule has 0 saturated carbocycles. The number of rotatable bonds is 0. The van der Waals surface area contributed by atoms with E-state index in [2.05, 4.69) is 21.2 Å². The largest absolute Gasteiger partial charge is 0.385 e. The molecule has 1 aromatic carbocycles. The van der Waals surface area contributed by atoms with Crippen molar-refractivity contribution in [3.63, 3.8) is 0 Å². The van der Waals surface area contributed by atoms with E-state index in [-0.39, 0.29) is 0 Å². The number of alkyl halides is 1. The van der Waals surface area contributed by atoms with E-state index < -0.39 is 6.17 Å². The van der Waals surface area contributed by atoms with Gasteiger partial charge >= 0.3 is 0 Å². The minimum atomic E-state index is -0.822. The molecule has 0 bridgehead atoms. The van der Waals surface area contributed by atoms with Gasteiger partial charge in [0.25, 0.3) is 0 Å². The molecule has 1 aromatic rings. The third-order valence-corrected chi connectivity index (χ3v) is 2.77. The summed E-state index contributed by atoms with van der Waals surface area (Å²) in [5, 5.41) is 3.16. The van der Waals surface area contributed by atoms with Crippen LogP contribution in [0.1, 0.15) is 18.2 Å². The Kier molecular flexibility index (Phi) is 2.05. The Morgan fingerprint density at radius 1 is 1.50 bits per heavy atom. The van der Waals surface area contributed by atoms with Gasteiger partial charge in [0, 0.05) is 28.7 Å². The van der Waals surface area contributed by atoms with Crippen LogP contribution in [0.3, 0.4) is 0 Å². The molecule has 0 radical (unpaired) electrons. The number of halogens is 2. The van der Waals surface area contributed by atoms with Crippen molar-refractivity contribution >= 4 is 21.6 Å². The van der Waals surface area contributed by atoms with E-state index in [4.69, 9.17) is 0 Å². The van der Waals surface area contributed by atoms with Gasteiger partial charge in [-0.25, -0.2) is 4.39 Å². The van der Waals surface area contributed by atoms with Crippen molar-refractivity contribution in [2.75, 3.05) is 11.9 Å². The fraction of sp³-hybridized carbons (Fsp3) is 0.333. The molecule has 1 nitrogen and oxygen atoms in total. The van der Waals surface area contributed by atoms with Gasteiger partial charge in [-0.2, -0.15) is 0 Å². The molecule has 0 amide bonds. The summed E-state index contributed by atoms with van der Waals surface area (Å²) in [6, 6.07) is 5.69. The van der Waals surface area contributed by atoms with Crippen molar-refractivity contribution in [1.29, 1.82) is 0 Å². The van der Waals surface area contributed by atoms with Crippen LogP contribution in [0.4, 0.5) is 10.1 Å². The molecule has 64 valence electrons. The van der Waals surface area contributed by atoms with E-state index in [1.54, 1.807) is 0 Å². The Labute approximate surface area is 79.1 Å². The predicted octanol–water partition coefficient (Wildman–Crippen LogP) is 3.28. The predicted molar refractivity (Wildman–Crippen MR) is 51.1 cm³/mol. The minimum Gasteiger partial charge on any atom is -0.385 e. The molecule has 3 heteroatoms. The second-order valence-corrected chi connectivity index (χ2v) is 3.74. The van der Waals surface area contributed by atoms with Gasteiger partial charge < -0.3 is 5.32 Å². The Balaban J connectivity index is 2.53. The number of hydrogen-bond donors (Lipinski definition) is 1. The normalized spacial score (nSPS) is 21.3. The molecule has 2 rings (SSSR count). The van der Waals surface area contributed by atoms with E-state index in [9.17, 15) is 4.39 Å². The van der Waals surface area contributed by atoms with Crippen LogP contribution in [0, 0.1) is 0 Å². The number of hydrogen-bond acceptors (Lipinski definition) is 1. The summed E-state index contributed by atoms with van der Waals surface area (Å²) in [5.41, 5.74) is 1.69. The van der Waals surface area contributed by atoms with Crippen LogP contribution in [0.25, 0.3) is 0 Å². The lowest BCUT2D eigenvalue weighted by Gasteiger charge is -2.22. The second-order valence-electron chi connectivity index (χ2n) is 2.88. The molecule has 1 N–H and O–H groups in total. The van der Waals surface area contributed by atoms with Crippen LogP contribution in [0.5, 0.6) is 0 Å². The summed E-state index contributed by atoms with van der Waals surface area (Å²) in [4.78, 5) is 0. The first-order valence-corrected chi connectivity index (χ1v) is 4.74. The highest BCUT2D eigenvalue weighted by molar-refractivity contribution is 9.10. The zero-order valence-corrected chi connectivity index (χ0v) is 8.07. The molecule has 0 aromatic heterocycles. The van der Waals surface area contributed by atoms with Crippen LogP contribution in [0.15, 0.2) is 22.7 Å². The molecule has 1 unspecified atom stereocenters. The zero-order chi connectivity index (χ0) is 8.55. The lowest BCUT2D eigenvalue weighted by molar-refractivity contribution is 0.323. The number of anilines is 1. The molecular weight excluding hydrogens is 221 g/mol. The first-order chi connectivity index (χ1) is 5.79. The van der Waals surface area contributed by atoms with Crippen LogP contribution in [-0.4, -0.2) is 6.54 Å². The Bertz CT molecular complexity index is 301. The summed E-state index contributed by atoms with van der Waals surface area (Å²) >= 11 is 3.34. The smallest absolute Gasteiger partial charge is 0.130 e. The second kappa shape index (κ2) is 3.05. The van der Waals surface area contributed by atoms with Gasteiger partial charge in [-0.3, -0.25) is 0 Å². The molecule has 0 spiro atoms. The maximum absolute atomic E-state index is 13.4. The van der Waals surface area contributed by atoms with Gasteiger partial charge in [0.1, 0.15) is 6.17 Å². The van der Waals surface area contributed by atoms with E-state index in [1.165, 1.54) is 0 Å². The summed E-state index contributed by atoms with van der Waals surface area (Å²) in [6.45, 7) is 0.727. The molecular formula is C9H9BrFN. The number of benzene rings is 1. The highest BCUT2D eigenvalue weighted by atomic mass is 79.9. The van der Waals surface area contributed by atoms with E-state index in [0.29, 0.717) is 6.42 Å². The average Bonchev–Trinajstić information content (AvgIpc) is 2.04. The Morgan fingerprint density at radius 2 is 2.33 bits per heavy atom. The SMILES string of the molecule is FC1CCNc2cccc(Br)c21. The third kappa shape index (κ3) is 1.22. The fourth-order valence-electron chi connectivity index (χ4n) is 1.49. The van der Waals surface area contributed by atoms with E-state index in [1.807, 2.05) is 18.2 Å². The summed E-state index contributed by atoms with van der Waals surface area (Å²) in [6.07, 6.45) is -0.257. The van der Waals surface area contributed by atoms with Gasteiger partial charge in [-0.05, 0) is 12.1 Å². The van der Waals surface area contributed by atoms with Gasteiger partial charge in [-0.1, -0.05) is 22.0 Å². The topological polar surface area (TPSA) is 12.0 Å². The first kappa shape index (κ1) is 8.05. The molecule has 1 atom stereocenters. The summed E-state index contributed by atoms with van der Waals surface area (Å²) in [5.74, 6) is 0. The average molecular weight is 230 g/mol. The molecule has 1 aliphatic rings. The highest BCUT2D eigenvalue weighted by Gasteiger charge is 2.20. The van der Waals surface area contributed by atoms with Gasteiger partial charge in [-0.15, -0.1) is 0 Å². The lowest BCUT2D eigenvalue weighted by atomic mass is 10.0. The van der Waals surface area contributed by atoms with E-state index in [0.717, 1.165) is 22.3 Å². The fourth-order valence-corrected chi connectivity index (χ4v) is 2.10. The van der Waals surface area contributed by atoms with Crippen molar-refractivity contribution < 1.29 is 4.39 Å². The van der Waals surface area contributed by atoms with Crippen LogP contribution >= 0.6 is 15.9 Å². The summed E-state index contributed by atoms with van der Waals surface area (Å²) < 4.78 is 14.2. The monoisotopic (exact) mass is 229 g/mol. The molecule has 1 heterocycles. The molecule has 0 saturated heterocycles. The summed E-state index contributed by atoms with van der Waals surface area (Å²) in [7, 11) is 0. The highest BCUT2D eigenvalue weighted by Crippen LogP contribution is 2.37. The quantitative estimate of drug-likeness (QED) is 0.721.